The molecule has 2 nitrogen and oxygen atoms in total. The van der Waals surface area contributed by atoms with Crippen LogP contribution in [0.4, 0.5) is 0 Å². The lowest BCUT2D eigenvalue weighted by molar-refractivity contribution is 0.0787. The van der Waals surface area contributed by atoms with Gasteiger partial charge in [0, 0.05) is 7.11 Å². The molecule has 1 N–H and O–H groups in total. The molecule has 0 heterocycles. The summed E-state index contributed by atoms with van der Waals surface area (Å²) < 4.78 is 5.51. The van der Waals surface area contributed by atoms with Crippen LogP contribution in [0.1, 0.15) is 36.8 Å². The van der Waals surface area contributed by atoms with E-state index in [-0.39, 0.29) is 5.60 Å². The fourth-order valence-electron chi connectivity index (χ4n) is 2.22. The lowest BCUT2D eigenvalue weighted by Crippen LogP contribution is -2.10. The van der Waals surface area contributed by atoms with Gasteiger partial charge in [-0.15, -0.1) is 0 Å². The predicted molar refractivity (Wildman–Crippen MR) is 57.5 cm³/mol. The lowest BCUT2D eigenvalue weighted by atomic mass is 10.0. The quantitative estimate of drug-likeness (QED) is 0.818. The van der Waals surface area contributed by atoms with Gasteiger partial charge in [-0.25, -0.2) is 0 Å². The minimum Gasteiger partial charge on any atom is -0.385 e. The number of aliphatic hydroxyl groups is 1. The third kappa shape index (κ3) is 1.40. The molecule has 0 atom stereocenters. The van der Waals surface area contributed by atoms with Gasteiger partial charge in [-0.05, 0) is 36.8 Å². The van der Waals surface area contributed by atoms with Gasteiger partial charge in [0.25, 0.3) is 0 Å². The summed E-state index contributed by atoms with van der Waals surface area (Å²) in [6.45, 7) is 0. The molecule has 0 unspecified atom stereocenters. The number of hydrogen-bond donors (Lipinski definition) is 1. The summed E-state index contributed by atoms with van der Waals surface area (Å²) in [5.41, 5.74) is 1.78. The van der Waals surface area contributed by atoms with Gasteiger partial charge in [0.1, 0.15) is 0 Å². The fraction of sp³-hybridized carbons (Fsp3) is 0.538. The zero-order chi connectivity index (χ0) is 10.5. The smallest absolute Gasteiger partial charge is 0.0929 e. The van der Waals surface area contributed by atoms with Crippen LogP contribution in [0.15, 0.2) is 24.3 Å². The first-order valence-corrected chi connectivity index (χ1v) is 5.57. The van der Waals surface area contributed by atoms with Crippen LogP contribution in [0, 0.1) is 0 Å². The van der Waals surface area contributed by atoms with Crippen molar-refractivity contribution < 1.29 is 9.84 Å². The number of methoxy groups -OCH3 is 1. The van der Waals surface area contributed by atoms with E-state index in [4.69, 9.17) is 4.74 Å². The predicted octanol–water partition coefficient (Wildman–Crippen LogP) is 2.30. The molecule has 2 aliphatic rings. The van der Waals surface area contributed by atoms with Crippen molar-refractivity contribution in [2.75, 3.05) is 7.11 Å². The van der Waals surface area contributed by atoms with E-state index in [1.54, 1.807) is 7.11 Å². The Kier molecular flexibility index (Phi) is 1.77. The summed E-state index contributed by atoms with van der Waals surface area (Å²) in [5, 5.41) is 9.94. The summed E-state index contributed by atoms with van der Waals surface area (Å²) in [7, 11) is 1.77. The SMILES string of the molecule is COC1(c2ccc(C3(O)CC3)cc2)CC1. The Balaban J connectivity index is 1.88. The molecule has 2 heteroatoms. The summed E-state index contributed by atoms with van der Waals surface area (Å²) in [6, 6.07) is 8.28. The third-order valence-electron chi connectivity index (χ3n) is 3.77. The highest BCUT2D eigenvalue weighted by atomic mass is 16.5. The first-order valence-electron chi connectivity index (χ1n) is 5.57. The molecule has 0 saturated heterocycles. The van der Waals surface area contributed by atoms with E-state index in [0.29, 0.717) is 0 Å². The van der Waals surface area contributed by atoms with E-state index < -0.39 is 5.60 Å². The molecule has 1 aromatic rings. The van der Waals surface area contributed by atoms with Gasteiger partial charge in [-0.1, -0.05) is 24.3 Å². The molecule has 3 rings (SSSR count). The Bertz CT molecular complexity index is 372. The zero-order valence-corrected chi connectivity index (χ0v) is 8.99. The van der Waals surface area contributed by atoms with Crippen LogP contribution in [0.2, 0.25) is 0 Å². The van der Waals surface area contributed by atoms with Crippen LogP contribution in [0.25, 0.3) is 0 Å². The number of hydrogen-bond acceptors (Lipinski definition) is 2. The van der Waals surface area contributed by atoms with Crippen molar-refractivity contribution in [1.29, 1.82) is 0 Å². The summed E-state index contributed by atoms with van der Waals surface area (Å²) >= 11 is 0. The molecule has 15 heavy (non-hydrogen) atoms. The van der Waals surface area contributed by atoms with Gasteiger partial charge in [0.2, 0.25) is 0 Å². The molecule has 1 aromatic carbocycles. The average Bonchev–Trinajstić information content (AvgIpc) is 3.15. The second kappa shape index (κ2) is 2.83. The molecular weight excluding hydrogens is 188 g/mol. The lowest BCUT2D eigenvalue weighted by Gasteiger charge is -2.15. The van der Waals surface area contributed by atoms with Gasteiger partial charge >= 0.3 is 0 Å². The Morgan fingerprint density at radius 2 is 1.53 bits per heavy atom. The van der Waals surface area contributed by atoms with E-state index in [0.717, 1.165) is 31.2 Å². The molecule has 0 amide bonds. The maximum Gasteiger partial charge on any atom is 0.0929 e. The first kappa shape index (κ1) is 9.37. The highest BCUT2D eigenvalue weighted by Crippen LogP contribution is 2.50. The van der Waals surface area contributed by atoms with Crippen molar-refractivity contribution in [2.45, 2.75) is 36.9 Å². The van der Waals surface area contributed by atoms with Gasteiger partial charge in [-0.2, -0.15) is 0 Å². The molecule has 0 aromatic heterocycles. The van der Waals surface area contributed by atoms with Crippen LogP contribution in [-0.2, 0) is 15.9 Å². The second-order valence-electron chi connectivity index (χ2n) is 4.81. The standard InChI is InChI=1S/C13H16O2/c1-15-13(8-9-13)11-4-2-10(3-5-11)12(14)6-7-12/h2-5,14H,6-9H2,1H3. The van der Waals surface area contributed by atoms with E-state index in [9.17, 15) is 5.11 Å². The number of benzene rings is 1. The zero-order valence-electron chi connectivity index (χ0n) is 8.99. The van der Waals surface area contributed by atoms with Crippen molar-refractivity contribution in [3.63, 3.8) is 0 Å². The van der Waals surface area contributed by atoms with Crippen LogP contribution >= 0.6 is 0 Å². The maximum atomic E-state index is 9.94. The summed E-state index contributed by atoms with van der Waals surface area (Å²) in [5.74, 6) is 0. The Morgan fingerprint density at radius 3 is 1.93 bits per heavy atom. The van der Waals surface area contributed by atoms with Crippen LogP contribution < -0.4 is 0 Å². The van der Waals surface area contributed by atoms with Crippen LogP contribution in [0.5, 0.6) is 0 Å². The minimum absolute atomic E-state index is 0.00923. The molecular formula is C13H16O2. The van der Waals surface area contributed by atoms with Crippen molar-refractivity contribution in [3.8, 4) is 0 Å². The molecule has 0 radical (unpaired) electrons. The minimum atomic E-state index is -0.512. The molecule has 0 aliphatic heterocycles. The summed E-state index contributed by atoms with van der Waals surface area (Å²) in [6.07, 6.45) is 4.05. The molecule has 0 bridgehead atoms. The van der Waals surface area contributed by atoms with E-state index in [1.807, 2.05) is 12.1 Å². The third-order valence-corrected chi connectivity index (χ3v) is 3.77. The van der Waals surface area contributed by atoms with Crippen molar-refractivity contribution in [3.05, 3.63) is 35.4 Å². The fourth-order valence-corrected chi connectivity index (χ4v) is 2.22. The Hall–Kier alpha value is -0.860. The monoisotopic (exact) mass is 204 g/mol. The van der Waals surface area contributed by atoms with Crippen molar-refractivity contribution >= 4 is 0 Å². The van der Waals surface area contributed by atoms with Crippen LogP contribution in [0.3, 0.4) is 0 Å². The summed E-state index contributed by atoms with van der Waals surface area (Å²) in [4.78, 5) is 0. The molecule has 0 spiro atoms. The second-order valence-corrected chi connectivity index (χ2v) is 4.81. The maximum absolute atomic E-state index is 9.94. The Morgan fingerprint density at radius 1 is 1.00 bits per heavy atom. The van der Waals surface area contributed by atoms with Gasteiger partial charge in [0.05, 0.1) is 11.2 Å². The molecule has 2 aliphatic carbocycles. The van der Waals surface area contributed by atoms with E-state index in [1.165, 1.54) is 5.56 Å². The van der Waals surface area contributed by atoms with Gasteiger partial charge < -0.3 is 9.84 Å². The molecule has 2 saturated carbocycles. The highest BCUT2D eigenvalue weighted by molar-refractivity contribution is 5.35. The average molecular weight is 204 g/mol. The number of ether oxygens (including phenoxy) is 1. The largest absolute Gasteiger partial charge is 0.385 e. The highest BCUT2D eigenvalue weighted by Gasteiger charge is 2.46. The Labute approximate surface area is 89.9 Å². The topological polar surface area (TPSA) is 29.5 Å². The van der Waals surface area contributed by atoms with Gasteiger partial charge in [-0.3, -0.25) is 0 Å². The van der Waals surface area contributed by atoms with Gasteiger partial charge in [0.15, 0.2) is 0 Å². The van der Waals surface area contributed by atoms with Crippen molar-refractivity contribution in [1.82, 2.24) is 0 Å². The normalized spacial score (nSPS) is 24.9. The first-order chi connectivity index (χ1) is 7.19. The van der Waals surface area contributed by atoms with Crippen molar-refractivity contribution in [2.24, 2.45) is 0 Å². The number of rotatable bonds is 3. The van der Waals surface area contributed by atoms with Crippen LogP contribution in [-0.4, -0.2) is 12.2 Å². The molecule has 2 fully saturated rings. The molecule has 80 valence electrons. The van der Waals surface area contributed by atoms with E-state index in [2.05, 4.69) is 12.1 Å². The van der Waals surface area contributed by atoms with E-state index >= 15 is 0 Å².